The van der Waals surface area contributed by atoms with Crippen molar-refractivity contribution in [2.45, 2.75) is 19.9 Å². The van der Waals surface area contributed by atoms with Gasteiger partial charge in [-0.2, -0.15) is 0 Å². The smallest absolute Gasteiger partial charge is 0.0502 e. The van der Waals surface area contributed by atoms with Crippen molar-refractivity contribution in [3.63, 3.8) is 0 Å². The summed E-state index contributed by atoms with van der Waals surface area (Å²) in [5.74, 6) is 0. The molecule has 2 rings (SSSR count). The van der Waals surface area contributed by atoms with Gasteiger partial charge in [0.25, 0.3) is 0 Å². The summed E-state index contributed by atoms with van der Waals surface area (Å²) < 4.78 is 5.10. The number of nitrogens with one attached hydrogen (secondary N) is 1. The first-order valence-corrected chi connectivity index (χ1v) is 7.21. The molecule has 2 aromatic carbocycles. The predicted octanol–water partition coefficient (Wildman–Crippen LogP) is 3.65. The van der Waals surface area contributed by atoms with Crippen molar-refractivity contribution in [1.29, 1.82) is 0 Å². The van der Waals surface area contributed by atoms with Gasteiger partial charge in [-0.3, -0.25) is 0 Å². The molecule has 0 fully saturated rings. The first-order chi connectivity index (χ1) is 9.83. The van der Waals surface area contributed by atoms with E-state index < -0.39 is 0 Å². The number of hydrogen-bond donors (Lipinski definition) is 1. The molecular weight excluding hydrogens is 246 g/mol. The van der Waals surface area contributed by atoms with Gasteiger partial charge >= 0.3 is 0 Å². The third-order valence-corrected chi connectivity index (χ3v) is 3.42. The van der Waals surface area contributed by atoms with Crippen LogP contribution in [0.4, 0.5) is 0 Å². The van der Waals surface area contributed by atoms with E-state index in [0.29, 0.717) is 0 Å². The average Bonchev–Trinajstić information content (AvgIpc) is 2.52. The van der Waals surface area contributed by atoms with Crippen molar-refractivity contribution in [1.82, 2.24) is 5.32 Å². The molecule has 0 radical (unpaired) electrons. The maximum Gasteiger partial charge on any atom is 0.0502 e. The fourth-order valence-corrected chi connectivity index (χ4v) is 2.17. The zero-order chi connectivity index (χ0) is 14.2. The fourth-order valence-electron chi connectivity index (χ4n) is 2.17. The van der Waals surface area contributed by atoms with Crippen molar-refractivity contribution in [2.75, 3.05) is 20.3 Å². The van der Waals surface area contributed by atoms with Gasteiger partial charge in [-0.25, -0.2) is 0 Å². The summed E-state index contributed by atoms with van der Waals surface area (Å²) in [4.78, 5) is 0. The Bertz CT molecular complexity index is 452. The van der Waals surface area contributed by atoms with Crippen LogP contribution in [0.5, 0.6) is 0 Å². The van der Waals surface area contributed by atoms with Crippen molar-refractivity contribution < 1.29 is 4.74 Å². The van der Waals surface area contributed by atoms with Gasteiger partial charge in [-0.15, -0.1) is 0 Å². The molecule has 0 atom stereocenters. The van der Waals surface area contributed by atoms with Gasteiger partial charge in [0, 0.05) is 13.7 Å². The molecule has 2 heteroatoms. The quantitative estimate of drug-likeness (QED) is 0.828. The monoisotopic (exact) mass is 269 g/mol. The largest absolute Gasteiger partial charge is 0.384 e. The Labute approximate surface area is 121 Å². The van der Waals surface area contributed by atoms with E-state index in [0.717, 1.165) is 26.1 Å². The highest BCUT2D eigenvalue weighted by Crippen LogP contribution is 2.20. The number of hydrogen-bond acceptors (Lipinski definition) is 2. The molecule has 2 nitrogen and oxygen atoms in total. The van der Waals surface area contributed by atoms with E-state index in [1.165, 1.54) is 22.3 Å². The molecule has 1 N–H and O–H groups in total. The SMILES string of the molecule is CCNCc1ccc(-c2ccc(CCOC)cc2)cc1. The average molecular weight is 269 g/mol. The molecule has 106 valence electrons. The second kappa shape index (κ2) is 7.83. The molecule has 0 saturated carbocycles. The lowest BCUT2D eigenvalue weighted by atomic mass is 10.0. The topological polar surface area (TPSA) is 21.3 Å². The molecule has 0 spiro atoms. The van der Waals surface area contributed by atoms with Crippen molar-refractivity contribution in [2.24, 2.45) is 0 Å². The molecule has 0 bridgehead atoms. The van der Waals surface area contributed by atoms with Crippen molar-refractivity contribution in [3.05, 3.63) is 59.7 Å². The van der Waals surface area contributed by atoms with Crippen LogP contribution in [0, 0.1) is 0 Å². The third kappa shape index (κ3) is 4.19. The minimum absolute atomic E-state index is 0.776. The number of benzene rings is 2. The van der Waals surface area contributed by atoms with Crippen LogP contribution in [0.2, 0.25) is 0 Å². The lowest BCUT2D eigenvalue weighted by molar-refractivity contribution is 0.202. The molecule has 0 aliphatic rings. The second-order valence-corrected chi connectivity index (χ2v) is 4.92. The van der Waals surface area contributed by atoms with Gasteiger partial charge in [-0.1, -0.05) is 55.5 Å². The lowest BCUT2D eigenvalue weighted by Gasteiger charge is -2.06. The first-order valence-electron chi connectivity index (χ1n) is 7.21. The van der Waals surface area contributed by atoms with Crippen LogP contribution in [0.3, 0.4) is 0 Å². The van der Waals surface area contributed by atoms with E-state index in [2.05, 4.69) is 60.8 Å². The fraction of sp³-hybridized carbons (Fsp3) is 0.333. The highest BCUT2D eigenvalue weighted by Gasteiger charge is 1.99. The molecule has 0 amide bonds. The predicted molar refractivity (Wildman–Crippen MR) is 84.8 cm³/mol. The second-order valence-electron chi connectivity index (χ2n) is 4.92. The van der Waals surface area contributed by atoms with Crippen LogP contribution in [0.15, 0.2) is 48.5 Å². The summed E-state index contributed by atoms with van der Waals surface area (Å²) in [6.45, 7) is 4.84. The Morgan fingerprint density at radius 2 is 1.40 bits per heavy atom. The highest BCUT2D eigenvalue weighted by molar-refractivity contribution is 5.63. The summed E-state index contributed by atoms with van der Waals surface area (Å²) in [5.41, 5.74) is 5.18. The standard InChI is InChI=1S/C18H23NO/c1-3-19-14-16-6-10-18(11-7-16)17-8-4-15(5-9-17)12-13-20-2/h4-11,19H,3,12-14H2,1-2H3. The highest BCUT2D eigenvalue weighted by atomic mass is 16.5. The van der Waals surface area contributed by atoms with Gasteiger partial charge < -0.3 is 10.1 Å². The molecule has 0 aliphatic carbocycles. The van der Waals surface area contributed by atoms with E-state index in [1.54, 1.807) is 7.11 Å². The van der Waals surface area contributed by atoms with Gasteiger partial charge in [-0.05, 0) is 35.2 Å². The first kappa shape index (κ1) is 14.8. The molecule has 0 aromatic heterocycles. The van der Waals surface area contributed by atoms with E-state index in [4.69, 9.17) is 4.74 Å². The Morgan fingerprint density at radius 1 is 0.850 bits per heavy atom. The van der Waals surface area contributed by atoms with Gasteiger partial charge in [0.15, 0.2) is 0 Å². The molecule has 0 saturated heterocycles. The van der Waals surface area contributed by atoms with Gasteiger partial charge in [0.1, 0.15) is 0 Å². The van der Waals surface area contributed by atoms with Crippen LogP contribution in [-0.2, 0) is 17.7 Å². The molecule has 2 aromatic rings. The minimum Gasteiger partial charge on any atom is -0.384 e. The number of ether oxygens (including phenoxy) is 1. The number of methoxy groups -OCH3 is 1. The Kier molecular flexibility index (Phi) is 5.78. The van der Waals surface area contributed by atoms with Crippen LogP contribution in [0.1, 0.15) is 18.1 Å². The minimum atomic E-state index is 0.776. The van der Waals surface area contributed by atoms with Gasteiger partial charge in [0.2, 0.25) is 0 Å². The molecule has 20 heavy (non-hydrogen) atoms. The lowest BCUT2D eigenvalue weighted by Crippen LogP contribution is -2.11. The van der Waals surface area contributed by atoms with Crippen molar-refractivity contribution >= 4 is 0 Å². The van der Waals surface area contributed by atoms with Crippen LogP contribution < -0.4 is 5.32 Å². The van der Waals surface area contributed by atoms with E-state index in [-0.39, 0.29) is 0 Å². The third-order valence-electron chi connectivity index (χ3n) is 3.42. The summed E-state index contributed by atoms with van der Waals surface area (Å²) in [5, 5.41) is 3.34. The molecule has 0 unspecified atom stereocenters. The zero-order valence-electron chi connectivity index (χ0n) is 12.4. The maximum atomic E-state index is 5.10. The summed E-state index contributed by atoms with van der Waals surface area (Å²) in [6.07, 6.45) is 0.971. The molecule has 0 heterocycles. The Balaban J connectivity index is 2.03. The van der Waals surface area contributed by atoms with Gasteiger partial charge in [0.05, 0.1) is 6.61 Å². The summed E-state index contributed by atoms with van der Waals surface area (Å²) in [6, 6.07) is 17.5. The summed E-state index contributed by atoms with van der Waals surface area (Å²) in [7, 11) is 1.74. The normalized spacial score (nSPS) is 10.7. The van der Waals surface area contributed by atoms with E-state index in [9.17, 15) is 0 Å². The summed E-state index contributed by atoms with van der Waals surface area (Å²) >= 11 is 0. The van der Waals surface area contributed by atoms with Crippen LogP contribution in [0.25, 0.3) is 11.1 Å². The molecule has 0 aliphatic heterocycles. The van der Waals surface area contributed by atoms with Crippen molar-refractivity contribution in [3.8, 4) is 11.1 Å². The van der Waals surface area contributed by atoms with Crippen LogP contribution in [-0.4, -0.2) is 20.3 Å². The number of rotatable bonds is 7. The Hall–Kier alpha value is -1.64. The van der Waals surface area contributed by atoms with Crippen LogP contribution >= 0.6 is 0 Å². The Morgan fingerprint density at radius 3 is 1.90 bits per heavy atom. The van der Waals surface area contributed by atoms with E-state index in [1.807, 2.05) is 0 Å². The molecular formula is C18H23NO. The maximum absolute atomic E-state index is 5.10. The van der Waals surface area contributed by atoms with E-state index >= 15 is 0 Å². The zero-order valence-corrected chi connectivity index (χ0v) is 12.4.